The van der Waals surface area contributed by atoms with E-state index < -0.39 is 6.10 Å². The summed E-state index contributed by atoms with van der Waals surface area (Å²) in [6.07, 6.45) is 2.72. The topological polar surface area (TPSA) is 33.1 Å². The summed E-state index contributed by atoms with van der Waals surface area (Å²) in [5.41, 5.74) is 1.75. The molecular weight excluding hydrogens is 265 g/mol. The maximum absolute atomic E-state index is 13.9. The molecule has 0 aliphatic heterocycles. The third-order valence-corrected chi connectivity index (χ3v) is 3.93. The summed E-state index contributed by atoms with van der Waals surface area (Å²) in [6, 6.07) is 14.1. The summed E-state index contributed by atoms with van der Waals surface area (Å²) in [5, 5.41) is 12.0. The molecule has 21 heavy (non-hydrogen) atoms. The van der Waals surface area contributed by atoms with Crippen molar-refractivity contribution in [3.05, 3.63) is 77.9 Å². The first kappa shape index (κ1) is 13.7. The molecule has 0 bridgehead atoms. The van der Waals surface area contributed by atoms with Crippen LogP contribution in [0.25, 0.3) is 10.8 Å². The zero-order valence-corrected chi connectivity index (χ0v) is 11.7. The van der Waals surface area contributed by atoms with E-state index in [0.717, 1.165) is 16.5 Å². The van der Waals surface area contributed by atoms with Gasteiger partial charge in [0.05, 0.1) is 6.10 Å². The molecule has 1 aromatic heterocycles. The Morgan fingerprint density at radius 2 is 1.62 bits per heavy atom. The highest BCUT2D eigenvalue weighted by Crippen LogP contribution is 2.34. The van der Waals surface area contributed by atoms with Crippen LogP contribution in [0, 0.1) is 5.82 Å². The van der Waals surface area contributed by atoms with E-state index in [4.69, 9.17) is 0 Å². The van der Waals surface area contributed by atoms with E-state index in [1.807, 2.05) is 31.2 Å². The minimum Gasteiger partial charge on any atom is -0.388 e. The third kappa shape index (κ3) is 2.52. The number of nitrogens with zero attached hydrogens (tertiary/aromatic N) is 1. The Kier molecular flexibility index (Phi) is 3.67. The number of rotatable bonds is 3. The Morgan fingerprint density at radius 1 is 0.952 bits per heavy atom. The van der Waals surface area contributed by atoms with Crippen LogP contribution >= 0.6 is 0 Å². The molecule has 1 N–H and O–H groups in total. The number of fused-ring (bicyclic) bond motifs is 1. The van der Waals surface area contributed by atoms with Crippen LogP contribution in [-0.4, -0.2) is 10.1 Å². The minimum atomic E-state index is -0.696. The largest absolute Gasteiger partial charge is 0.388 e. The van der Waals surface area contributed by atoms with Crippen molar-refractivity contribution in [1.82, 2.24) is 4.98 Å². The molecule has 2 atom stereocenters. The van der Waals surface area contributed by atoms with Gasteiger partial charge in [-0.15, -0.1) is 0 Å². The lowest BCUT2D eigenvalue weighted by molar-refractivity contribution is 0.153. The molecule has 0 amide bonds. The van der Waals surface area contributed by atoms with Crippen molar-refractivity contribution in [2.24, 2.45) is 0 Å². The smallest absolute Gasteiger partial charge is 0.131 e. The zero-order valence-electron chi connectivity index (χ0n) is 11.7. The standard InChI is InChI=1S/C18H16FNO/c1-12(13-8-10-20-11-9-13)18(21)16-6-7-17(19)15-5-3-2-4-14(15)16/h2-12,18,21H,1H3. The summed E-state index contributed by atoms with van der Waals surface area (Å²) in [6.45, 7) is 1.96. The van der Waals surface area contributed by atoms with Gasteiger partial charge in [0.1, 0.15) is 5.82 Å². The Hall–Kier alpha value is -2.26. The minimum absolute atomic E-state index is 0.0955. The van der Waals surface area contributed by atoms with E-state index in [1.54, 1.807) is 30.6 Å². The molecule has 1 heterocycles. The maximum atomic E-state index is 13.9. The van der Waals surface area contributed by atoms with Gasteiger partial charge < -0.3 is 5.11 Å². The monoisotopic (exact) mass is 281 g/mol. The molecule has 0 aliphatic rings. The predicted octanol–water partition coefficient (Wildman–Crippen LogP) is 4.21. The maximum Gasteiger partial charge on any atom is 0.131 e. The fraction of sp³-hybridized carbons (Fsp3) is 0.167. The Labute approximate surface area is 122 Å². The van der Waals surface area contributed by atoms with E-state index >= 15 is 0 Å². The quantitative estimate of drug-likeness (QED) is 0.780. The first-order valence-corrected chi connectivity index (χ1v) is 6.93. The van der Waals surface area contributed by atoms with Gasteiger partial charge in [-0.3, -0.25) is 4.98 Å². The average Bonchev–Trinajstić information content (AvgIpc) is 2.55. The van der Waals surface area contributed by atoms with E-state index in [2.05, 4.69) is 4.98 Å². The van der Waals surface area contributed by atoms with E-state index in [1.165, 1.54) is 6.07 Å². The molecule has 2 nitrogen and oxygen atoms in total. The molecule has 2 unspecified atom stereocenters. The zero-order chi connectivity index (χ0) is 14.8. The second kappa shape index (κ2) is 5.62. The molecular formula is C18H16FNO. The van der Waals surface area contributed by atoms with Crippen LogP contribution in [0.1, 0.15) is 30.1 Å². The van der Waals surface area contributed by atoms with Crippen molar-refractivity contribution < 1.29 is 9.50 Å². The lowest BCUT2D eigenvalue weighted by Crippen LogP contribution is -2.08. The van der Waals surface area contributed by atoms with E-state index in [0.29, 0.717) is 5.39 Å². The predicted molar refractivity (Wildman–Crippen MR) is 81.5 cm³/mol. The van der Waals surface area contributed by atoms with Gasteiger partial charge in [0.25, 0.3) is 0 Å². The van der Waals surface area contributed by atoms with Gasteiger partial charge in [0, 0.05) is 23.7 Å². The Balaban J connectivity index is 2.06. The first-order chi connectivity index (χ1) is 10.2. The summed E-state index contributed by atoms with van der Waals surface area (Å²) < 4.78 is 13.9. The van der Waals surface area contributed by atoms with Gasteiger partial charge >= 0.3 is 0 Å². The van der Waals surface area contributed by atoms with Gasteiger partial charge in [-0.25, -0.2) is 4.39 Å². The van der Waals surface area contributed by atoms with Crippen LogP contribution in [0.2, 0.25) is 0 Å². The van der Waals surface area contributed by atoms with Crippen LogP contribution in [-0.2, 0) is 0 Å². The molecule has 106 valence electrons. The molecule has 0 aliphatic carbocycles. The van der Waals surface area contributed by atoms with Gasteiger partial charge in [0.15, 0.2) is 0 Å². The first-order valence-electron chi connectivity index (χ1n) is 6.93. The third-order valence-electron chi connectivity index (χ3n) is 3.93. The second-order valence-electron chi connectivity index (χ2n) is 5.20. The lowest BCUT2D eigenvalue weighted by atomic mass is 9.89. The highest BCUT2D eigenvalue weighted by molar-refractivity contribution is 5.86. The molecule has 3 rings (SSSR count). The van der Waals surface area contributed by atoms with Crippen molar-refractivity contribution in [3.63, 3.8) is 0 Å². The van der Waals surface area contributed by atoms with Crippen LogP contribution in [0.4, 0.5) is 4.39 Å². The average molecular weight is 281 g/mol. The van der Waals surface area contributed by atoms with Crippen molar-refractivity contribution in [2.75, 3.05) is 0 Å². The van der Waals surface area contributed by atoms with Crippen molar-refractivity contribution in [3.8, 4) is 0 Å². The molecule has 0 fully saturated rings. The molecule has 3 heteroatoms. The lowest BCUT2D eigenvalue weighted by Gasteiger charge is -2.21. The van der Waals surface area contributed by atoms with Crippen LogP contribution in [0.15, 0.2) is 60.9 Å². The van der Waals surface area contributed by atoms with Crippen molar-refractivity contribution in [1.29, 1.82) is 0 Å². The SMILES string of the molecule is CC(c1ccncc1)C(O)c1ccc(F)c2ccccc12. The fourth-order valence-electron chi connectivity index (χ4n) is 2.66. The van der Waals surface area contributed by atoms with Crippen LogP contribution in [0.3, 0.4) is 0 Å². The number of hydrogen-bond acceptors (Lipinski definition) is 2. The highest BCUT2D eigenvalue weighted by atomic mass is 19.1. The number of aromatic nitrogens is 1. The summed E-state index contributed by atoms with van der Waals surface area (Å²) in [7, 11) is 0. The number of hydrogen-bond donors (Lipinski definition) is 1. The van der Waals surface area contributed by atoms with Gasteiger partial charge in [-0.2, -0.15) is 0 Å². The number of pyridine rings is 1. The highest BCUT2D eigenvalue weighted by Gasteiger charge is 2.20. The summed E-state index contributed by atoms with van der Waals surface area (Å²) in [5.74, 6) is -0.361. The van der Waals surface area contributed by atoms with Gasteiger partial charge in [-0.05, 0) is 34.7 Å². The Morgan fingerprint density at radius 3 is 2.33 bits per heavy atom. The van der Waals surface area contributed by atoms with Crippen LogP contribution in [0.5, 0.6) is 0 Å². The van der Waals surface area contributed by atoms with Crippen molar-refractivity contribution >= 4 is 10.8 Å². The normalized spacial score (nSPS) is 14.0. The van der Waals surface area contributed by atoms with E-state index in [-0.39, 0.29) is 11.7 Å². The van der Waals surface area contributed by atoms with Gasteiger partial charge in [-0.1, -0.05) is 37.3 Å². The van der Waals surface area contributed by atoms with Gasteiger partial charge in [0.2, 0.25) is 0 Å². The summed E-state index contributed by atoms with van der Waals surface area (Å²) >= 11 is 0. The fourth-order valence-corrected chi connectivity index (χ4v) is 2.66. The van der Waals surface area contributed by atoms with Crippen molar-refractivity contribution in [2.45, 2.75) is 18.9 Å². The number of halogens is 1. The second-order valence-corrected chi connectivity index (χ2v) is 5.20. The molecule has 3 aromatic rings. The molecule has 0 radical (unpaired) electrons. The van der Waals surface area contributed by atoms with Crippen LogP contribution < -0.4 is 0 Å². The molecule has 2 aromatic carbocycles. The summed E-state index contributed by atoms with van der Waals surface area (Å²) in [4.78, 5) is 3.99. The Bertz CT molecular complexity index is 758. The molecule has 0 spiro atoms. The molecule has 0 saturated carbocycles. The number of aliphatic hydroxyl groups excluding tert-OH is 1. The molecule has 0 saturated heterocycles. The van der Waals surface area contributed by atoms with E-state index in [9.17, 15) is 9.50 Å². The number of aliphatic hydroxyl groups is 1. The number of benzene rings is 2.